The summed E-state index contributed by atoms with van der Waals surface area (Å²) >= 11 is 0. The fourth-order valence-corrected chi connectivity index (χ4v) is 1.76. The Kier molecular flexibility index (Phi) is 6.39. The standard InChI is InChI=1S/C18H16N2O3/c19-12-13-22-17-9-6-15(7-10-17)8-11-18(21)20-23-14-16-4-2-1-3-5-16/h1-11H,13-14H2,(H,20,21). The Morgan fingerprint density at radius 2 is 1.87 bits per heavy atom. The Hall–Kier alpha value is -3.10. The van der Waals surface area contributed by atoms with Crippen LogP contribution in [0.1, 0.15) is 11.1 Å². The summed E-state index contributed by atoms with van der Waals surface area (Å²) in [6.45, 7) is 0.321. The number of ether oxygens (including phenoxy) is 1. The molecule has 0 aliphatic rings. The summed E-state index contributed by atoms with van der Waals surface area (Å²) in [5.41, 5.74) is 4.17. The molecule has 0 saturated carbocycles. The molecule has 116 valence electrons. The SMILES string of the molecule is N#CCOc1ccc(C=CC(=O)NOCc2ccccc2)cc1. The molecule has 2 rings (SSSR count). The van der Waals surface area contributed by atoms with Crippen molar-refractivity contribution in [2.24, 2.45) is 0 Å². The lowest BCUT2D eigenvalue weighted by atomic mass is 10.2. The van der Waals surface area contributed by atoms with Crippen molar-refractivity contribution < 1.29 is 14.4 Å². The predicted octanol–water partition coefficient (Wildman–Crippen LogP) is 2.85. The van der Waals surface area contributed by atoms with Crippen molar-refractivity contribution >= 4 is 12.0 Å². The molecule has 5 nitrogen and oxygen atoms in total. The molecule has 0 saturated heterocycles. The maximum atomic E-state index is 11.6. The first-order valence-corrected chi connectivity index (χ1v) is 7.01. The third-order valence-corrected chi connectivity index (χ3v) is 2.87. The second-order valence-corrected chi connectivity index (χ2v) is 4.59. The lowest BCUT2D eigenvalue weighted by molar-refractivity contribution is -0.129. The fraction of sp³-hybridized carbons (Fsp3) is 0.111. The fourth-order valence-electron chi connectivity index (χ4n) is 1.76. The first-order chi connectivity index (χ1) is 11.3. The number of nitriles is 1. The van der Waals surface area contributed by atoms with Gasteiger partial charge in [-0.15, -0.1) is 0 Å². The van der Waals surface area contributed by atoms with Crippen LogP contribution in [0, 0.1) is 11.3 Å². The Balaban J connectivity index is 1.76. The minimum Gasteiger partial charge on any atom is -0.479 e. The molecule has 0 unspecified atom stereocenters. The molecular weight excluding hydrogens is 292 g/mol. The molecule has 1 N–H and O–H groups in total. The number of nitrogens with zero attached hydrogens (tertiary/aromatic N) is 1. The van der Waals surface area contributed by atoms with Crippen molar-refractivity contribution in [3.8, 4) is 11.8 Å². The van der Waals surface area contributed by atoms with Gasteiger partial charge in [-0.1, -0.05) is 42.5 Å². The first-order valence-electron chi connectivity index (χ1n) is 7.01. The summed E-state index contributed by atoms with van der Waals surface area (Å²) < 4.78 is 5.15. The van der Waals surface area contributed by atoms with E-state index in [-0.39, 0.29) is 12.5 Å². The van der Waals surface area contributed by atoms with Crippen LogP contribution >= 0.6 is 0 Å². The van der Waals surface area contributed by atoms with Crippen molar-refractivity contribution in [1.82, 2.24) is 5.48 Å². The predicted molar refractivity (Wildman–Crippen MR) is 86.0 cm³/mol. The Morgan fingerprint density at radius 3 is 2.57 bits per heavy atom. The van der Waals surface area contributed by atoms with Crippen molar-refractivity contribution in [1.29, 1.82) is 5.26 Å². The minimum atomic E-state index is -0.342. The van der Waals surface area contributed by atoms with E-state index in [9.17, 15) is 4.79 Å². The van der Waals surface area contributed by atoms with E-state index in [1.807, 2.05) is 36.4 Å². The average molecular weight is 308 g/mol. The highest BCUT2D eigenvalue weighted by Gasteiger charge is 1.97. The second kappa shape index (κ2) is 9.03. The highest BCUT2D eigenvalue weighted by atomic mass is 16.6. The Bertz CT molecular complexity index is 688. The maximum Gasteiger partial charge on any atom is 0.267 e. The van der Waals surface area contributed by atoms with Crippen LogP contribution in [-0.4, -0.2) is 12.5 Å². The van der Waals surface area contributed by atoms with Crippen LogP contribution in [0.2, 0.25) is 0 Å². The van der Waals surface area contributed by atoms with E-state index in [0.717, 1.165) is 11.1 Å². The molecule has 23 heavy (non-hydrogen) atoms. The topological polar surface area (TPSA) is 71.3 Å². The van der Waals surface area contributed by atoms with E-state index in [1.165, 1.54) is 6.08 Å². The smallest absolute Gasteiger partial charge is 0.267 e. The quantitative estimate of drug-likeness (QED) is 0.630. The van der Waals surface area contributed by atoms with Gasteiger partial charge in [0.15, 0.2) is 6.61 Å². The van der Waals surface area contributed by atoms with Crippen LogP contribution in [0.15, 0.2) is 60.7 Å². The molecular formula is C18H16N2O3. The molecule has 0 spiro atoms. The molecule has 2 aromatic rings. The van der Waals surface area contributed by atoms with Gasteiger partial charge in [-0.05, 0) is 29.3 Å². The van der Waals surface area contributed by atoms with E-state index in [4.69, 9.17) is 14.8 Å². The lowest BCUT2D eigenvalue weighted by Gasteiger charge is -2.03. The van der Waals surface area contributed by atoms with Gasteiger partial charge in [0.05, 0.1) is 6.61 Å². The van der Waals surface area contributed by atoms with E-state index < -0.39 is 0 Å². The summed E-state index contributed by atoms with van der Waals surface area (Å²) in [4.78, 5) is 16.8. The van der Waals surface area contributed by atoms with E-state index in [0.29, 0.717) is 12.4 Å². The van der Waals surface area contributed by atoms with Gasteiger partial charge in [-0.3, -0.25) is 9.63 Å². The molecule has 0 fully saturated rings. The summed E-state index contributed by atoms with van der Waals surface area (Å²) in [6, 6.07) is 18.5. The van der Waals surface area contributed by atoms with Crippen LogP contribution in [0.5, 0.6) is 5.75 Å². The molecule has 2 aromatic carbocycles. The molecule has 0 atom stereocenters. The Morgan fingerprint density at radius 1 is 1.13 bits per heavy atom. The number of carbonyl (C=O) groups is 1. The van der Waals surface area contributed by atoms with Crippen molar-refractivity contribution in [2.45, 2.75) is 6.61 Å². The summed E-state index contributed by atoms with van der Waals surface area (Å²) in [5, 5.41) is 8.43. The summed E-state index contributed by atoms with van der Waals surface area (Å²) in [7, 11) is 0. The van der Waals surface area contributed by atoms with Gasteiger partial charge in [0, 0.05) is 6.08 Å². The highest BCUT2D eigenvalue weighted by Crippen LogP contribution is 2.12. The monoisotopic (exact) mass is 308 g/mol. The number of hydroxylamine groups is 1. The molecule has 0 bridgehead atoms. The zero-order valence-corrected chi connectivity index (χ0v) is 12.4. The maximum absolute atomic E-state index is 11.6. The number of hydrogen-bond donors (Lipinski definition) is 1. The largest absolute Gasteiger partial charge is 0.479 e. The highest BCUT2D eigenvalue weighted by molar-refractivity contribution is 5.90. The van der Waals surface area contributed by atoms with Gasteiger partial charge in [-0.25, -0.2) is 5.48 Å². The molecule has 0 aliphatic heterocycles. The lowest BCUT2D eigenvalue weighted by Crippen LogP contribution is -2.21. The zero-order chi connectivity index (χ0) is 16.3. The van der Waals surface area contributed by atoms with Crippen LogP contribution < -0.4 is 10.2 Å². The van der Waals surface area contributed by atoms with E-state index >= 15 is 0 Å². The van der Waals surface area contributed by atoms with Gasteiger partial charge >= 0.3 is 0 Å². The summed E-state index contributed by atoms with van der Waals surface area (Å²) in [6.07, 6.45) is 3.05. The van der Waals surface area contributed by atoms with Gasteiger partial charge in [0.1, 0.15) is 11.8 Å². The van der Waals surface area contributed by atoms with Gasteiger partial charge in [-0.2, -0.15) is 5.26 Å². The average Bonchev–Trinajstić information content (AvgIpc) is 2.60. The second-order valence-electron chi connectivity index (χ2n) is 4.59. The number of benzene rings is 2. The van der Waals surface area contributed by atoms with Crippen LogP contribution in [0.25, 0.3) is 6.08 Å². The normalized spacial score (nSPS) is 10.2. The van der Waals surface area contributed by atoms with Crippen molar-refractivity contribution in [3.63, 3.8) is 0 Å². The van der Waals surface area contributed by atoms with Crippen molar-refractivity contribution in [3.05, 3.63) is 71.8 Å². The van der Waals surface area contributed by atoms with Crippen LogP contribution in [-0.2, 0) is 16.2 Å². The van der Waals surface area contributed by atoms with Crippen LogP contribution in [0.3, 0.4) is 0 Å². The van der Waals surface area contributed by atoms with E-state index in [1.54, 1.807) is 30.3 Å². The van der Waals surface area contributed by atoms with E-state index in [2.05, 4.69) is 5.48 Å². The number of rotatable bonds is 7. The van der Waals surface area contributed by atoms with Gasteiger partial charge in [0.2, 0.25) is 0 Å². The molecule has 1 amide bonds. The number of amides is 1. The number of nitrogens with one attached hydrogen (secondary N) is 1. The molecule has 0 radical (unpaired) electrons. The van der Waals surface area contributed by atoms with Gasteiger partial charge < -0.3 is 4.74 Å². The molecule has 5 heteroatoms. The molecule has 0 aliphatic carbocycles. The Labute approximate surface area is 134 Å². The van der Waals surface area contributed by atoms with Crippen LogP contribution in [0.4, 0.5) is 0 Å². The third kappa shape index (κ3) is 6.04. The minimum absolute atomic E-state index is 0.0103. The van der Waals surface area contributed by atoms with Crippen molar-refractivity contribution in [2.75, 3.05) is 6.61 Å². The zero-order valence-electron chi connectivity index (χ0n) is 12.4. The van der Waals surface area contributed by atoms with Gasteiger partial charge in [0.25, 0.3) is 5.91 Å². The molecule has 0 heterocycles. The molecule has 0 aromatic heterocycles. The number of carbonyl (C=O) groups excluding carboxylic acids is 1. The third-order valence-electron chi connectivity index (χ3n) is 2.87. The summed E-state index contributed by atoms with van der Waals surface area (Å²) in [5.74, 6) is 0.269. The number of hydrogen-bond acceptors (Lipinski definition) is 4. The first kappa shape index (κ1) is 16.3.